The number of ether oxygens (including phenoxy) is 1. The molecule has 0 fully saturated rings. The van der Waals surface area contributed by atoms with Gasteiger partial charge in [0, 0.05) is 4.48 Å². The molecule has 0 heterocycles. The number of halogens is 1. The molecule has 0 aliphatic rings. The van der Waals surface area contributed by atoms with E-state index in [0.717, 1.165) is 5.56 Å². The van der Waals surface area contributed by atoms with Crippen molar-refractivity contribution >= 4 is 28.0 Å². The van der Waals surface area contributed by atoms with Crippen LogP contribution in [-0.4, -0.2) is 13.1 Å². The fraction of sp³-hybridized carbons (Fsp3) is 0.0833. The van der Waals surface area contributed by atoms with Crippen LogP contribution in [0.5, 0.6) is 0 Å². The van der Waals surface area contributed by atoms with Crippen molar-refractivity contribution in [1.82, 2.24) is 0 Å². The van der Waals surface area contributed by atoms with E-state index in [-0.39, 0.29) is 0 Å². The predicted molar refractivity (Wildman–Crippen MR) is 64.5 cm³/mol. The zero-order chi connectivity index (χ0) is 11.3. The summed E-state index contributed by atoms with van der Waals surface area (Å²) in [5.74, 6) is -0.402. The number of carbonyl (C=O) groups is 1. The average Bonchev–Trinajstić information content (AvgIpc) is 2.26. The number of esters is 1. The molecule has 0 saturated carbocycles. The van der Waals surface area contributed by atoms with Crippen LogP contribution in [0.4, 0.5) is 0 Å². The first-order chi connectivity index (χ1) is 7.15. The van der Waals surface area contributed by atoms with Crippen LogP contribution in [0.1, 0.15) is 5.56 Å². The van der Waals surface area contributed by atoms with Gasteiger partial charge in [-0.25, -0.2) is 4.79 Å². The molecule has 0 spiro atoms. The van der Waals surface area contributed by atoms with Crippen LogP contribution in [0, 0.1) is 0 Å². The molecule has 0 aromatic heterocycles. The highest BCUT2D eigenvalue weighted by Gasteiger charge is 2.10. The molecule has 1 rings (SSSR count). The maximum atomic E-state index is 11.4. The van der Waals surface area contributed by atoms with E-state index in [1.165, 1.54) is 7.11 Å². The van der Waals surface area contributed by atoms with Crippen molar-refractivity contribution in [3.63, 3.8) is 0 Å². The quantitative estimate of drug-likeness (QED) is 0.477. The summed E-state index contributed by atoms with van der Waals surface area (Å²) in [7, 11) is 1.34. The van der Waals surface area contributed by atoms with Crippen molar-refractivity contribution in [2.45, 2.75) is 0 Å². The lowest BCUT2D eigenvalue weighted by Gasteiger charge is -2.03. The smallest absolute Gasteiger partial charge is 0.338 e. The van der Waals surface area contributed by atoms with Crippen LogP contribution < -0.4 is 0 Å². The number of hydrogen-bond donors (Lipinski definition) is 0. The minimum Gasteiger partial charge on any atom is -0.465 e. The second-order valence-electron chi connectivity index (χ2n) is 2.87. The first kappa shape index (κ1) is 11.7. The third-order valence-corrected chi connectivity index (χ3v) is 2.24. The van der Waals surface area contributed by atoms with Crippen LogP contribution in [0.3, 0.4) is 0 Å². The summed E-state index contributed by atoms with van der Waals surface area (Å²) >= 11 is 3.18. The first-order valence-electron chi connectivity index (χ1n) is 4.35. The van der Waals surface area contributed by atoms with Gasteiger partial charge in [0.05, 0.1) is 12.7 Å². The van der Waals surface area contributed by atoms with Gasteiger partial charge in [0.15, 0.2) is 0 Å². The molecule has 0 atom stereocenters. The van der Waals surface area contributed by atoms with Gasteiger partial charge in [-0.15, -0.1) is 0 Å². The van der Waals surface area contributed by atoms with Gasteiger partial charge in [-0.05, 0) is 11.6 Å². The van der Waals surface area contributed by atoms with Crippen LogP contribution in [0.15, 0.2) is 47.0 Å². The molecule has 1 aromatic rings. The van der Waals surface area contributed by atoms with E-state index in [0.29, 0.717) is 10.1 Å². The van der Waals surface area contributed by atoms with Gasteiger partial charge in [0.1, 0.15) is 0 Å². The molecule has 0 aliphatic carbocycles. The fourth-order valence-corrected chi connectivity index (χ4v) is 1.35. The standard InChI is InChI=1S/C12H11BrO2/c1-9(13)11(12(14)15-2)8-10-6-4-3-5-7-10/h3-8H,1H2,2H3/b11-8+. The van der Waals surface area contributed by atoms with E-state index >= 15 is 0 Å². The lowest BCUT2D eigenvalue weighted by Crippen LogP contribution is -2.04. The monoisotopic (exact) mass is 266 g/mol. The summed E-state index contributed by atoms with van der Waals surface area (Å²) < 4.78 is 5.16. The Morgan fingerprint density at radius 3 is 2.47 bits per heavy atom. The number of methoxy groups -OCH3 is 1. The van der Waals surface area contributed by atoms with Crippen molar-refractivity contribution in [2.75, 3.05) is 7.11 Å². The van der Waals surface area contributed by atoms with E-state index in [2.05, 4.69) is 27.2 Å². The molecule has 1 aromatic carbocycles. The third-order valence-electron chi connectivity index (χ3n) is 1.81. The Bertz CT molecular complexity index is 393. The van der Waals surface area contributed by atoms with Crippen LogP contribution in [-0.2, 0) is 9.53 Å². The third kappa shape index (κ3) is 3.36. The van der Waals surface area contributed by atoms with Crippen molar-refractivity contribution in [1.29, 1.82) is 0 Å². The Labute approximate surface area is 97.4 Å². The van der Waals surface area contributed by atoms with Crippen molar-refractivity contribution in [2.24, 2.45) is 0 Å². The van der Waals surface area contributed by atoms with Gasteiger partial charge < -0.3 is 4.74 Å². The summed E-state index contributed by atoms with van der Waals surface area (Å²) in [4.78, 5) is 11.4. The number of hydrogen-bond acceptors (Lipinski definition) is 2. The second kappa shape index (κ2) is 5.51. The molecule has 0 amide bonds. The van der Waals surface area contributed by atoms with Crippen molar-refractivity contribution < 1.29 is 9.53 Å². The molecule has 0 unspecified atom stereocenters. The number of rotatable bonds is 3. The van der Waals surface area contributed by atoms with Gasteiger partial charge in [-0.3, -0.25) is 0 Å². The summed E-state index contributed by atoms with van der Waals surface area (Å²) in [6.45, 7) is 3.67. The summed E-state index contributed by atoms with van der Waals surface area (Å²) in [6.07, 6.45) is 1.73. The Morgan fingerprint density at radius 1 is 1.40 bits per heavy atom. The molecular weight excluding hydrogens is 256 g/mol. The minimum absolute atomic E-state index is 0.402. The van der Waals surface area contributed by atoms with E-state index in [1.54, 1.807) is 6.08 Å². The predicted octanol–water partition coefficient (Wildman–Crippen LogP) is 3.15. The maximum absolute atomic E-state index is 11.4. The normalized spacial score (nSPS) is 10.9. The van der Waals surface area contributed by atoms with Gasteiger partial charge in [0.2, 0.25) is 0 Å². The lowest BCUT2D eigenvalue weighted by atomic mass is 10.1. The highest BCUT2D eigenvalue weighted by Crippen LogP contribution is 2.19. The molecule has 0 N–H and O–H groups in total. The molecule has 3 heteroatoms. The van der Waals surface area contributed by atoms with Crippen LogP contribution in [0.25, 0.3) is 6.08 Å². The molecule has 0 bridgehead atoms. The molecule has 0 saturated heterocycles. The summed E-state index contributed by atoms with van der Waals surface area (Å²) in [5.41, 5.74) is 1.35. The minimum atomic E-state index is -0.402. The second-order valence-corrected chi connectivity index (χ2v) is 3.82. The Hall–Kier alpha value is -1.35. The summed E-state index contributed by atoms with van der Waals surface area (Å²) in [5, 5.41) is 0. The van der Waals surface area contributed by atoms with E-state index in [4.69, 9.17) is 0 Å². The van der Waals surface area contributed by atoms with E-state index < -0.39 is 5.97 Å². The zero-order valence-electron chi connectivity index (χ0n) is 8.37. The zero-order valence-corrected chi connectivity index (χ0v) is 9.95. The van der Waals surface area contributed by atoms with Gasteiger partial charge in [0.25, 0.3) is 0 Å². The van der Waals surface area contributed by atoms with E-state index in [9.17, 15) is 4.79 Å². The number of benzene rings is 1. The van der Waals surface area contributed by atoms with Gasteiger partial charge in [-0.2, -0.15) is 0 Å². The molecule has 15 heavy (non-hydrogen) atoms. The van der Waals surface area contributed by atoms with Gasteiger partial charge >= 0.3 is 5.97 Å². The Kier molecular flexibility index (Phi) is 4.31. The highest BCUT2D eigenvalue weighted by atomic mass is 79.9. The topological polar surface area (TPSA) is 26.3 Å². The SMILES string of the molecule is C=C(Br)/C(=C\c1ccccc1)C(=O)OC. The van der Waals surface area contributed by atoms with Crippen LogP contribution >= 0.6 is 15.9 Å². The molecule has 78 valence electrons. The fourth-order valence-electron chi connectivity index (χ4n) is 1.07. The summed E-state index contributed by atoms with van der Waals surface area (Å²) in [6, 6.07) is 9.52. The molecular formula is C12H11BrO2. The molecule has 0 radical (unpaired) electrons. The maximum Gasteiger partial charge on any atom is 0.338 e. The average molecular weight is 267 g/mol. The largest absolute Gasteiger partial charge is 0.465 e. The lowest BCUT2D eigenvalue weighted by molar-refractivity contribution is -0.135. The Balaban J connectivity index is 3.05. The number of carbonyl (C=O) groups excluding carboxylic acids is 1. The Morgan fingerprint density at radius 2 is 2.00 bits per heavy atom. The molecule has 0 aliphatic heterocycles. The van der Waals surface area contributed by atoms with E-state index in [1.807, 2.05) is 30.3 Å². The van der Waals surface area contributed by atoms with Crippen molar-refractivity contribution in [3.05, 3.63) is 52.5 Å². The molecule has 2 nitrogen and oxygen atoms in total. The highest BCUT2D eigenvalue weighted by molar-refractivity contribution is 9.12. The van der Waals surface area contributed by atoms with Crippen molar-refractivity contribution in [3.8, 4) is 0 Å². The van der Waals surface area contributed by atoms with Crippen LogP contribution in [0.2, 0.25) is 0 Å². The first-order valence-corrected chi connectivity index (χ1v) is 5.14. The van der Waals surface area contributed by atoms with Gasteiger partial charge in [-0.1, -0.05) is 52.8 Å².